The van der Waals surface area contributed by atoms with E-state index in [1.807, 2.05) is 0 Å². The smallest absolute Gasteiger partial charge is 0.309 e. The molecule has 5 heteroatoms. The molecule has 0 radical (unpaired) electrons. The SMILES string of the molecule is COCCNC(=O)C(=O)NCCC1CCCCC1. The van der Waals surface area contributed by atoms with E-state index in [-0.39, 0.29) is 0 Å². The van der Waals surface area contributed by atoms with Crippen molar-refractivity contribution in [3.8, 4) is 0 Å². The first-order valence-electron chi connectivity index (χ1n) is 6.79. The van der Waals surface area contributed by atoms with Crippen LogP contribution in [0.2, 0.25) is 0 Å². The monoisotopic (exact) mass is 256 g/mol. The maximum absolute atomic E-state index is 11.4. The molecular formula is C13H24N2O3. The molecule has 0 spiro atoms. The van der Waals surface area contributed by atoms with Crippen molar-refractivity contribution in [2.24, 2.45) is 5.92 Å². The van der Waals surface area contributed by atoms with Gasteiger partial charge in [0.05, 0.1) is 6.61 Å². The number of methoxy groups -OCH3 is 1. The molecule has 18 heavy (non-hydrogen) atoms. The fourth-order valence-electron chi connectivity index (χ4n) is 2.29. The van der Waals surface area contributed by atoms with Gasteiger partial charge in [-0.25, -0.2) is 0 Å². The first kappa shape index (κ1) is 15.0. The molecular weight excluding hydrogens is 232 g/mol. The largest absolute Gasteiger partial charge is 0.383 e. The lowest BCUT2D eigenvalue weighted by molar-refractivity contribution is -0.139. The normalized spacial score (nSPS) is 16.3. The topological polar surface area (TPSA) is 67.4 Å². The number of rotatable bonds is 6. The van der Waals surface area contributed by atoms with Crippen molar-refractivity contribution in [2.45, 2.75) is 38.5 Å². The quantitative estimate of drug-likeness (QED) is 0.546. The fourth-order valence-corrected chi connectivity index (χ4v) is 2.29. The van der Waals surface area contributed by atoms with Gasteiger partial charge in [-0.1, -0.05) is 32.1 Å². The second-order valence-corrected chi connectivity index (χ2v) is 4.80. The van der Waals surface area contributed by atoms with Crippen molar-refractivity contribution >= 4 is 11.8 Å². The van der Waals surface area contributed by atoms with Gasteiger partial charge in [-0.05, 0) is 12.3 Å². The number of carbonyl (C=O) groups is 2. The highest BCUT2D eigenvalue weighted by Crippen LogP contribution is 2.25. The summed E-state index contributed by atoms with van der Waals surface area (Å²) in [6, 6.07) is 0. The number of hydrogen-bond acceptors (Lipinski definition) is 3. The highest BCUT2D eigenvalue weighted by Gasteiger charge is 2.15. The molecule has 5 nitrogen and oxygen atoms in total. The maximum Gasteiger partial charge on any atom is 0.309 e. The summed E-state index contributed by atoms with van der Waals surface area (Å²) < 4.78 is 4.79. The predicted octanol–water partition coefficient (Wildman–Crippen LogP) is 0.836. The van der Waals surface area contributed by atoms with Crippen LogP contribution in [-0.4, -0.2) is 38.6 Å². The molecule has 0 saturated heterocycles. The van der Waals surface area contributed by atoms with Gasteiger partial charge in [0.15, 0.2) is 0 Å². The van der Waals surface area contributed by atoms with Crippen molar-refractivity contribution in [3.63, 3.8) is 0 Å². The van der Waals surface area contributed by atoms with Crippen LogP contribution in [0.25, 0.3) is 0 Å². The number of carbonyl (C=O) groups excluding carboxylic acids is 2. The van der Waals surface area contributed by atoms with E-state index in [1.165, 1.54) is 32.1 Å². The summed E-state index contributed by atoms with van der Waals surface area (Å²) in [5.41, 5.74) is 0. The van der Waals surface area contributed by atoms with Crippen molar-refractivity contribution < 1.29 is 14.3 Å². The molecule has 104 valence electrons. The Morgan fingerprint density at radius 3 is 2.28 bits per heavy atom. The molecule has 1 rings (SSSR count). The van der Waals surface area contributed by atoms with Crippen molar-refractivity contribution in [1.29, 1.82) is 0 Å². The summed E-state index contributed by atoms with van der Waals surface area (Å²) in [6.45, 7) is 1.38. The van der Waals surface area contributed by atoms with Crippen LogP contribution in [0.3, 0.4) is 0 Å². The van der Waals surface area contributed by atoms with Gasteiger partial charge in [0.2, 0.25) is 0 Å². The third kappa shape index (κ3) is 6.00. The van der Waals surface area contributed by atoms with E-state index in [4.69, 9.17) is 4.74 Å². The second-order valence-electron chi connectivity index (χ2n) is 4.80. The summed E-state index contributed by atoms with van der Waals surface area (Å²) in [6.07, 6.45) is 7.44. The lowest BCUT2D eigenvalue weighted by Gasteiger charge is -2.21. The molecule has 0 aromatic heterocycles. The van der Waals surface area contributed by atoms with Gasteiger partial charge in [0.25, 0.3) is 0 Å². The molecule has 0 aromatic rings. The lowest BCUT2D eigenvalue weighted by atomic mass is 9.87. The Morgan fingerprint density at radius 2 is 1.67 bits per heavy atom. The van der Waals surface area contributed by atoms with E-state index in [0.29, 0.717) is 19.7 Å². The van der Waals surface area contributed by atoms with Crippen LogP contribution in [0, 0.1) is 5.92 Å². The van der Waals surface area contributed by atoms with Gasteiger partial charge in [0.1, 0.15) is 0 Å². The van der Waals surface area contributed by atoms with Crippen LogP contribution in [0.15, 0.2) is 0 Å². The summed E-state index contributed by atoms with van der Waals surface area (Å²) in [7, 11) is 1.55. The first-order valence-corrected chi connectivity index (χ1v) is 6.79. The molecule has 2 N–H and O–H groups in total. The molecule has 1 saturated carbocycles. The Hall–Kier alpha value is -1.10. The van der Waals surface area contributed by atoms with E-state index in [9.17, 15) is 9.59 Å². The van der Waals surface area contributed by atoms with E-state index in [1.54, 1.807) is 7.11 Å². The number of hydrogen-bond donors (Lipinski definition) is 2. The Labute approximate surface area is 109 Å². The van der Waals surface area contributed by atoms with E-state index in [2.05, 4.69) is 10.6 Å². The van der Waals surface area contributed by atoms with Crippen molar-refractivity contribution in [3.05, 3.63) is 0 Å². The van der Waals surface area contributed by atoms with Crippen LogP contribution in [-0.2, 0) is 14.3 Å². The van der Waals surface area contributed by atoms with Gasteiger partial charge < -0.3 is 15.4 Å². The molecule has 2 amide bonds. The third-order valence-corrected chi connectivity index (χ3v) is 3.36. The Balaban J connectivity index is 2.06. The van der Waals surface area contributed by atoms with E-state index >= 15 is 0 Å². The second kappa shape index (κ2) is 8.91. The molecule has 0 heterocycles. The van der Waals surface area contributed by atoms with E-state index < -0.39 is 11.8 Å². The highest BCUT2D eigenvalue weighted by atomic mass is 16.5. The van der Waals surface area contributed by atoms with Crippen LogP contribution < -0.4 is 10.6 Å². The van der Waals surface area contributed by atoms with E-state index in [0.717, 1.165) is 12.3 Å². The molecule has 1 aliphatic carbocycles. The van der Waals surface area contributed by atoms with Gasteiger partial charge in [-0.3, -0.25) is 9.59 Å². The number of ether oxygens (including phenoxy) is 1. The summed E-state index contributed by atoms with van der Waals surface area (Å²) in [5, 5.41) is 5.16. The lowest BCUT2D eigenvalue weighted by Crippen LogP contribution is -2.41. The molecule has 0 bridgehead atoms. The van der Waals surface area contributed by atoms with Gasteiger partial charge >= 0.3 is 11.8 Å². The Morgan fingerprint density at radius 1 is 1.06 bits per heavy atom. The summed E-state index contributed by atoms with van der Waals surface area (Å²) in [5.74, 6) is -0.395. The van der Waals surface area contributed by atoms with Crippen molar-refractivity contribution in [2.75, 3.05) is 26.8 Å². The fraction of sp³-hybridized carbons (Fsp3) is 0.846. The van der Waals surface area contributed by atoms with Gasteiger partial charge in [-0.15, -0.1) is 0 Å². The molecule has 0 aliphatic heterocycles. The highest BCUT2D eigenvalue weighted by molar-refractivity contribution is 6.35. The Bertz CT molecular complexity index is 263. The molecule has 0 unspecified atom stereocenters. The minimum Gasteiger partial charge on any atom is -0.383 e. The summed E-state index contributed by atoms with van der Waals surface area (Å²) >= 11 is 0. The molecule has 1 fully saturated rings. The zero-order valence-corrected chi connectivity index (χ0v) is 11.2. The van der Waals surface area contributed by atoms with Gasteiger partial charge in [-0.2, -0.15) is 0 Å². The first-order chi connectivity index (χ1) is 8.74. The van der Waals surface area contributed by atoms with Crippen LogP contribution in [0.5, 0.6) is 0 Å². The zero-order valence-electron chi connectivity index (χ0n) is 11.2. The predicted molar refractivity (Wildman–Crippen MR) is 69.1 cm³/mol. The average molecular weight is 256 g/mol. The molecule has 1 aliphatic rings. The van der Waals surface area contributed by atoms with Crippen molar-refractivity contribution in [1.82, 2.24) is 10.6 Å². The Kier molecular flexibility index (Phi) is 7.41. The average Bonchev–Trinajstić information content (AvgIpc) is 2.40. The zero-order chi connectivity index (χ0) is 13.2. The van der Waals surface area contributed by atoms with Gasteiger partial charge in [0, 0.05) is 20.2 Å². The third-order valence-electron chi connectivity index (χ3n) is 3.36. The summed E-state index contributed by atoms with van der Waals surface area (Å²) in [4.78, 5) is 22.7. The molecule has 0 atom stereocenters. The number of nitrogens with one attached hydrogen (secondary N) is 2. The van der Waals surface area contributed by atoms with Crippen LogP contribution in [0.1, 0.15) is 38.5 Å². The van der Waals surface area contributed by atoms with Crippen LogP contribution in [0.4, 0.5) is 0 Å². The molecule has 0 aromatic carbocycles. The minimum absolute atomic E-state index is 0.366. The number of amides is 2. The minimum atomic E-state index is -0.573. The van der Waals surface area contributed by atoms with Crippen LogP contribution >= 0.6 is 0 Å². The standard InChI is InChI=1S/C13H24N2O3/c1-18-10-9-15-13(17)12(16)14-8-7-11-5-3-2-4-6-11/h11H,2-10H2,1H3,(H,14,16)(H,15,17). The maximum atomic E-state index is 11.4.